The van der Waals surface area contributed by atoms with Gasteiger partial charge in [-0.1, -0.05) is 23.3 Å². The van der Waals surface area contributed by atoms with Crippen molar-refractivity contribution < 1.29 is 14.3 Å². The van der Waals surface area contributed by atoms with Crippen molar-refractivity contribution in [2.24, 2.45) is 0 Å². The SMILES string of the molecule is COc1ccc2c3c([nH]c2c1C/C=C(\C)CCC=C(C)C)C(=O)C=C(C)C3=O. The zero-order chi connectivity index (χ0) is 20.4. The van der Waals surface area contributed by atoms with E-state index < -0.39 is 0 Å². The van der Waals surface area contributed by atoms with Gasteiger partial charge in [0.1, 0.15) is 5.75 Å². The van der Waals surface area contributed by atoms with Crippen LogP contribution < -0.4 is 4.74 Å². The van der Waals surface area contributed by atoms with Crippen LogP contribution in [0.15, 0.2) is 47.1 Å². The van der Waals surface area contributed by atoms with E-state index in [1.54, 1.807) is 14.0 Å². The number of carbonyl (C=O) groups is 2. The molecule has 0 spiro atoms. The lowest BCUT2D eigenvalue weighted by molar-refractivity contribution is 0.0983. The summed E-state index contributed by atoms with van der Waals surface area (Å²) in [5.41, 5.74) is 5.74. The van der Waals surface area contributed by atoms with Crippen molar-refractivity contribution in [2.45, 2.75) is 47.0 Å². The minimum Gasteiger partial charge on any atom is -0.496 e. The number of Topliss-reactive ketones (excluding diaryl/α,β-unsaturated/α-hetero) is 1. The molecule has 0 bridgehead atoms. The normalized spacial score (nSPS) is 14.2. The molecule has 1 aromatic carbocycles. The highest BCUT2D eigenvalue weighted by Gasteiger charge is 2.29. The smallest absolute Gasteiger partial charge is 0.203 e. The molecule has 0 atom stereocenters. The Morgan fingerprint density at radius 3 is 2.57 bits per heavy atom. The molecule has 0 saturated heterocycles. The molecule has 0 radical (unpaired) electrons. The van der Waals surface area contributed by atoms with Crippen LogP contribution in [-0.4, -0.2) is 23.7 Å². The van der Waals surface area contributed by atoms with E-state index in [4.69, 9.17) is 4.74 Å². The molecule has 1 aliphatic carbocycles. The number of hydrogen-bond acceptors (Lipinski definition) is 3. The molecule has 28 heavy (non-hydrogen) atoms. The fraction of sp³-hybridized carbons (Fsp3) is 0.333. The third-order valence-corrected chi connectivity index (χ3v) is 5.18. The molecule has 0 fully saturated rings. The van der Waals surface area contributed by atoms with Crippen molar-refractivity contribution in [1.82, 2.24) is 4.98 Å². The van der Waals surface area contributed by atoms with Crippen LogP contribution in [0.3, 0.4) is 0 Å². The van der Waals surface area contributed by atoms with Gasteiger partial charge >= 0.3 is 0 Å². The first-order valence-electron chi connectivity index (χ1n) is 9.61. The topological polar surface area (TPSA) is 59.2 Å². The molecule has 1 heterocycles. The fourth-order valence-corrected chi connectivity index (χ4v) is 3.61. The number of fused-ring (bicyclic) bond motifs is 3. The molecule has 1 aliphatic rings. The number of H-pyrrole nitrogens is 1. The van der Waals surface area contributed by atoms with E-state index >= 15 is 0 Å². The maximum atomic E-state index is 12.7. The van der Waals surface area contributed by atoms with Crippen LogP contribution in [0.4, 0.5) is 0 Å². The van der Waals surface area contributed by atoms with Gasteiger partial charge in [-0.2, -0.15) is 0 Å². The van der Waals surface area contributed by atoms with Gasteiger partial charge in [0, 0.05) is 16.5 Å². The van der Waals surface area contributed by atoms with Gasteiger partial charge in [0.05, 0.1) is 23.9 Å². The Morgan fingerprint density at radius 1 is 1.14 bits per heavy atom. The lowest BCUT2D eigenvalue weighted by Gasteiger charge is -2.10. The Labute approximate surface area is 166 Å². The van der Waals surface area contributed by atoms with Crippen molar-refractivity contribution in [3.05, 3.63) is 63.9 Å². The van der Waals surface area contributed by atoms with E-state index in [-0.39, 0.29) is 11.6 Å². The molecule has 1 N–H and O–H groups in total. The number of nitrogens with one attached hydrogen (secondary N) is 1. The van der Waals surface area contributed by atoms with E-state index in [1.165, 1.54) is 17.2 Å². The molecule has 0 saturated carbocycles. The summed E-state index contributed by atoms with van der Waals surface area (Å²) >= 11 is 0. The zero-order valence-corrected chi connectivity index (χ0v) is 17.2. The van der Waals surface area contributed by atoms with Crippen LogP contribution in [0.2, 0.25) is 0 Å². The summed E-state index contributed by atoms with van der Waals surface area (Å²) in [5.74, 6) is 0.510. The van der Waals surface area contributed by atoms with Crippen molar-refractivity contribution in [2.75, 3.05) is 7.11 Å². The lowest BCUT2D eigenvalue weighted by Crippen LogP contribution is -2.14. The van der Waals surface area contributed by atoms with Gasteiger partial charge < -0.3 is 9.72 Å². The number of carbonyl (C=O) groups excluding carboxylic acids is 2. The number of aromatic nitrogens is 1. The molecule has 4 heteroatoms. The first-order chi connectivity index (χ1) is 13.3. The zero-order valence-electron chi connectivity index (χ0n) is 17.2. The predicted molar refractivity (Wildman–Crippen MR) is 113 cm³/mol. The molecular formula is C24H27NO3. The maximum Gasteiger partial charge on any atom is 0.203 e. The molecule has 2 aromatic rings. The highest BCUT2D eigenvalue weighted by atomic mass is 16.5. The Hall–Kier alpha value is -2.88. The van der Waals surface area contributed by atoms with Crippen LogP contribution in [0.5, 0.6) is 5.75 Å². The van der Waals surface area contributed by atoms with E-state index in [1.807, 2.05) is 12.1 Å². The quantitative estimate of drug-likeness (QED) is 0.653. The predicted octanol–water partition coefficient (Wildman–Crippen LogP) is 5.74. The molecule has 4 nitrogen and oxygen atoms in total. The number of methoxy groups -OCH3 is 1. The van der Waals surface area contributed by atoms with Gasteiger partial charge in [-0.3, -0.25) is 9.59 Å². The minimum atomic E-state index is -0.151. The second-order valence-corrected chi connectivity index (χ2v) is 7.64. The first-order valence-corrected chi connectivity index (χ1v) is 9.61. The largest absolute Gasteiger partial charge is 0.496 e. The maximum absolute atomic E-state index is 12.7. The Morgan fingerprint density at radius 2 is 1.89 bits per heavy atom. The highest BCUT2D eigenvalue weighted by molar-refractivity contribution is 6.29. The fourth-order valence-electron chi connectivity index (χ4n) is 3.61. The Bertz CT molecular complexity index is 1040. The Balaban J connectivity index is 2.02. The lowest BCUT2D eigenvalue weighted by atomic mass is 9.93. The molecule has 0 amide bonds. The number of allylic oxidation sites excluding steroid dienone is 6. The molecular weight excluding hydrogens is 350 g/mol. The van der Waals surface area contributed by atoms with Gasteiger partial charge in [-0.25, -0.2) is 0 Å². The number of benzene rings is 1. The summed E-state index contributed by atoms with van der Waals surface area (Å²) in [6.45, 7) is 8.03. The van der Waals surface area contributed by atoms with Gasteiger partial charge in [-0.15, -0.1) is 0 Å². The Kier molecular flexibility index (Phi) is 5.68. The summed E-state index contributed by atoms with van der Waals surface area (Å²) in [7, 11) is 1.64. The average Bonchev–Trinajstić information content (AvgIpc) is 3.04. The highest BCUT2D eigenvalue weighted by Crippen LogP contribution is 2.35. The summed E-state index contributed by atoms with van der Waals surface area (Å²) in [4.78, 5) is 28.3. The summed E-state index contributed by atoms with van der Waals surface area (Å²) < 4.78 is 5.56. The minimum absolute atomic E-state index is 0.0922. The average molecular weight is 377 g/mol. The van der Waals surface area contributed by atoms with Gasteiger partial charge in [0.25, 0.3) is 0 Å². The van der Waals surface area contributed by atoms with Crippen molar-refractivity contribution in [1.29, 1.82) is 0 Å². The number of ketones is 2. The van der Waals surface area contributed by atoms with E-state index in [0.717, 1.165) is 35.1 Å². The monoisotopic (exact) mass is 377 g/mol. The first kappa shape index (κ1) is 19.9. The molecule has 0 unspecified atom stereocenters. The third-order valence-electron chi connectivity index (χ3n) is 5.18. The summed E-state index contributed by atoms with van der Waals surface area (Å²) in [6.07, 6.45) is 8.55. The number of rotatable bonds is 6. The number of hydrogen-bond donors (Lipinski definition) is 1. The van der Waals surface area contributed by atoms with Crippen molar-refractivity contribution in [3.63, 3.8) is 0 Å². The van der Waals surface area contributed by atoms with Crippen LogP contribution >= 0.6 is 0 Å². The molecule has 3 rings (SSSR count). The van der Waals surface area contributed by atoms with Gasteiger partial charge in [-0.05, 0) is 65.2 Å². The molecule has 0 aliphatic heterocycles. The molecule has 146 valence electrons. The van der Waals surface area contributed by atoms with Crippen LogP contribution in [0.1, 0.15) is 66.9 Å². The standard InChI is InChI=1S/C24H27NO3/c1-14(2)7-6-8-15(3)9-10-17-20(28-5)12-11-18-21-23(25-22(17)18)19(26)13-16(4)24(21)27/h7,9,11-13,25H,6,8,10H2,1-5H3/b15-9+. The van der Waals surface area contributed by atoms with Crippen LogP contribution in [0.25, 0.3) is 10.9 Å². The van der Waals surface area contributed by atoms with Crippen molar-refractivity contribution >= 4 is 22.5 Å². The van der Waals surface area contributed by atoms with E-state index in [9.17, 15) is 9.59 Å². The third kappa shape index (κ3) is 3.72. The summed E-state index contributed by atoms with van der Waals surface area (Å²) in [6, 6.07) is 3.74. The van der Waals surface area contributed by atoms with Crippen LogP contribution in [0, 0.1) is 0 Å². The van der Waals surface area contributed by atoms with Gasteiger partial charge in [0.2, 0.25) is 5.78 Å². The number of aromatic amines is 1. The van der Waals surface area contributed by atoms with Crippen molar-refractivity contribution in [3.8, 4) is 5.75 Å². The molecule has 1 aromatic heterocycles. The second-order valence-electron chi connectivity index (χ2n) is 7.64. The number of ether oxygens (including phenoxy) is 1. The van der Waals surface area contributed by atoms with Crippen LogP contribution in [-0.2, 0) is 6.42 Å². The van der Waals surface area contributed by atoms with E-state index in [0.29, 0.717) is 23.3 Å². The van der Waals surface area contributed by atoms with E-state index in [2.05, 4.69) is 37.9 Å². The van der Waals surface area contributed by atoms with Gasteiger partial charge in [0.15, 0.2) is 5.78 Å². The summed E-state index contributed by atoms with van der Waals surface area (Å²) in [5, 5.41) is 0.784. The second kappa shape index (κ2) is 8.01.